The summed E-state index contributed by atoms with van der Waals surface area (Å²) in [5, 5.41) is 0. The van der Waals surface area contributed by atoms with Crippen molar-refractivity contribution in [1.82, 2.24) is 0 Å². The molecule has 0 aromatic carbocycles. The highest BCUT2D eigenvalue weighted by atomic mass is 14.6. The topological polar surface area (TPSA) is 26.0 Å². The second-order valence-corrected chi connectivity index (χ2v) is 3.58. The molecule has 0 aliphatic heterocycles. The molecule has 0 spiro atoms. The third-order valence-electron chi connectivity index (χ3n) is 2.52. The van der Waals surface area contributed by atoms with Crippen LogP contribution in [0.1, 0.15) is 59.3 Å². The number of hydrogen-bond acceptors (Lipinski definition) is 1. The van der Waals surface area contributed by atoms with Gasteiger partial charge in [-0.05, 0) is 18.8 Å². The molecule has 74 valence electrons. The molecule has 0 heterocycles. The molecule has 1 fully saturated rings. The Morgan fingerprint density at radius 1 is 1.25 bits per heavy atom. The van der Waals surface area contributed by atoms with Gasteiger partial charge in [-0.2, -0.15) is 0 Å². The monoisotopic (exact) mass is 171 g/mol. The molecule has 2 N–H and O–H groups in total. The molecule has 0 aromatic heterocycles. The number of rotatable bonds is 2. The van der Waals surface area contributed by atoms with Crippen LogP contribution in [0.25, 0.3) is 0 Å². The highest BCUT2D eigenvalue weighted by Gasteiger charge is 2.17. The van der Waals surface area contributed by atoms with Crippen LogP contribution < -0.4 is 5.73 Å². The Morgan fingerprint density at radius 2 is 1.92 bits per heavy atom. The van der Waals surface area contributed by atoms with E-state index in [0.29, 0.717) is 6.04 Å². The van der Waals surface area contributed by atoms with Crippen LogP contribution in [0, 0.1) is 5.92 Å². The zero-order valence-electron chi connectivity index (χ0n) is 8.97. The van der Waals surface area contributed by atoms with Crippen molar-refractivity contribution in [3.63, 3.8) is 0 Å². The quantitative estimate of drug-likeness (QED) is 0.677. The fourth-order valence-electron chi connectivity index (χ4n) is 2.00. The molecule has 12 heavy (non-hydrogen) atoms. The molecule has 0 radical (unpaired) electrons. The Morgan fingerprint density at radius 3 is 2.42 bits per heavy atom. The Bertz CT molecular complexity index is 89.0. The lowest BCUT2D eigenvalue weighted by atomic mass is 9.84. The highest BCUT2D eigenvalue weighted by molar-refractivity contribution is 4.74. The zero-order valence-corrected chi connectivity index (χ0v) is 8.97. The summed E-state index contributed by atoms with van der Waals surface area (Å²) >= 11 is 0. The fraction of sp³-hybridized carbons (Fsp3) is 1.00. The first-order valence-corrected chi connectivity index (χ1v) is 5.58. The van der Waals surface area contributed by atoms with Crippen LogP contribution >= 0.6 is 0 Å². The molecule has 0 saturated heterocycles. The molecule has 1 aliphatic rings. The molecule has 1 heteroatoms. The van der Waals surface area contributed by atoms with E-state index in [1.54, 1.807) is 0 Å². The third kappa shape index (κ3) is 4.76. The fourth-order valence-corrected chi connectivity index (χ4v) is 2.00. The summed E-state index contributed by atoms with van der Waals surface area (Å²) in [6, 6.07) is 0.519. The molecule has 2 unspecified atom stereocenters. The average molecular weight is 171 g/mol. The van der Waals surface area contributed by atoms with Crippen molar-refractivity contribution in [3.8, 4) is 0 Å². The molecular weight excluding hydrogens is 146 g/mol. The van der Waals surface area contributed by atoms with Crippen LogP contribution in [0.15, 0.2) is 0 Å². The summed E-state index contributed by atoms with van der Waals surface area (Å²) in [5.41, 5.74) is 5.86. The van der Waals surface area contributed by atoms with Gasteiger partial charge in [-0.15, -0.1) is 0 Å². The lowest BCUT2D eigenvalue weighted by Crippen LogP contribution is -2.27. The Kier molecular flexibility index (Phi) is 7.58. The van der Waals surface area contributed by atoms with Gasteiger partial charge in [0.2, 0.25) is 0 Å². The Balaban J connectivity index is 0.000000561. The largest absolute Gasteiger partial charge is 0.328 e. The van der Waals surface area contributed by atoms with E-state index in [1.165, 1.54) is 38.5 Å². The minimum Gasteiger partial charge on any atom is -0.328 e. The van der Waals surface area contributed by atoms with Gasteiger partial charge in [0.15, 0.2) is 0 Å². The Labute approximate surface area is 77.7 Å². The average Bonchev–Trinajstić information content (AvgIpc) is 2.09. The first-order chi connectivity index (χ1) is 5.83. The van der Waals surface area contributed by atoms with E-state index >= 15 is 0 Å². The van der Waals surface area contributed by atoms with E-state index in [9.17, 15) is 0 Å². The van der Waals surface area contributed by atoms with Crippen LogP contribution in [0.4, 0.5) is 0 Å². The van der Waals surface area contributed by atoms with Crippen LogP contribution in [0.3, 0.4) is 0 Å². The molecule has 1 rings (SSSR count). The van der Waals surface area contributed by atoms with Crippen molar-refractivity contribution in [1.29, 1.82) is 0 Å². The second kappa shape index (κ2) is 7.60. The van der Waals surface area contributed by atoms with E-state index in [1.807, 2.05) is 13.8 Å². The van der Waals surface area contributed by atoms with Gasteiger partial charge in [0.05, 0.1) is 0 Å². The molecular formula is C11H25N. The molecule has 1 nitrogen and oxygen atoms in total. The van der Waals surface area contributed by atoms with Crippen LogP contribution in [0.2, 0.25) is 0 Å². The summed E-state index contributed by atoms with van der Waals surface area (Å²) in [6.07, 6.45) is 8.08. The lowest BCUT2D eigenvalue weighted by molar-refractivity contribution is 0.305. The second-order valence-electron chi connectivity index (χ2n) is 3.58. The van der Waals surface area contributed by atoms with Gasteiger partial charge in [0.1, 0.15) is 0 Å². The smallest absolute Gasteiger partial charge is 0.00414 e. The van der Waals surface area contributed by atoms with E-state index in [0.717, 1.165) is 5.92 Å². The van der Waals surface area contributed by atoms with Gasteiger partial charge in [-0.1, -0.05) is 46.5 Å². The van der Waals surface area contributed by atoms with Gasteiger partial charge >= 0.3 is 0 Å². The molecule has 1 aliphatic carbocycles. The molecule has 2 atom stereocenters. The van der Waals surface area contributed by atoms with Crippen molar-refractivity contribution < 1.29 is 0 Å². The minimum absolute atomic E-state index is 0.519. The van der Waals surface area contributed by atoms with Crippen molar-refractivity contribution in [2.45, 2.75) is 65.3 Å². The summed E-state index contributed by atoms with van der Waals surface area (Å²) in [7, 11) is 0. The maximum atomic E-state index is 5.86. The third-order valence-corrected chi connectivity index (χ3v) is 2.52. The van der Waals surface area contributed by atoms with Gasteiger partial charge in [-0.25, -0.2) is 0 Å². The van der Waals surface area contributed by atoms with E-state index in [4.69, 9.17) is 5.73 Å². The standard InChI is InChI=1S/C9H19N.C2H6/c1-2-4-8-5-3-6-9(10)7-8;1-2/h8-9H,2-7,10H2,1H3;1-2H3. The lowest BCUT2D eigenvalue weighted by Gasteiger charge is -2.25. The maximum Gasteiger partial charge on any atom is 0.00414 e. The normalized spacial score (nSPS) is 29.0. The minimum atomic E-state index is 0.519. The molecule has 1 saturated carbocycles. The summed E-state index contributed by atoms with van der Waals surface area (Å²) < 4.78 is 0. The SMILES string of the molecule is CC.CCCC1CCCC(N)C1. The summed E-state index contributed by atoms with van der Waals surface area (Å²) in [4.78, 5) is 0. The molecule has 0 aromatic rings. The van der Waals surface area contributed by atoms with Gasteiger partial charge in [0.25, 0.3) is 0 Å². The summed E-state index contributed by atoms with van der Waals surface area (Å²) in [5.74, 6) is 0.953. The van der Waals surface area contributed by atoms with Gasteiger partial charge < -0.3 is 5.73 Å². The van der Waals surface area contributed by atoms with Crippen LogP contribution in [0.5, 0.6) is 0 Å². The van der Waals surface area contributed by atoms with E-state index < -0.39 is 0 Å². The van der Waals surface area contributed by atoms with Crippen LogP contribution in [-0.4, -0.2) is 6.04 Å². The first-order valence-electron chi connectivity index (χ1n) is 5.58. The van der Waals surface area contributed by atoms with E-state index in [-0.39, 0.29) is 0 Å². The predicted octanol–water partition coefficient (Wildman–Crippen LogP) is 3.33. The summed E-state index contributed by atoms with van der Waals surface area (Å²) in [6.45, 7) is 6.26. The van der Waals surface area contributed by atoms with Crippen molar-refractivity contribution >= 4 is 0 Å². The predicted molar refractivity (Wildman–Crippen MR) is 56.2 cm³/mol. The zero-order chi connectivity index (χ0) is 9.40. The Hall–Kier alpha value is -0.0400. The molecule has 0 amide bonds. The van der Waals surface area contributed by atoms with Crippen molar-refractivity contribution in [2.24, 2.45) is 11.7 Å². The highest BCUT2D eigenvalue weighted by Crippen LogP contribution is 2.26. The maximum absolute atomic E-state index is 5.86. The first kappa shape index (κ1) is 12.0. The molecule has 0 bridgehead atoms. The van der Waals surface area contributed by atoms with E-state index in [2.05, 4.69) is 6.92 Å². The van der Waals surface area contributed by atoms with Crippen molar-refractivity contribution in [3.05, 3.63) is 0 Å². The van der Waals surface area contributed by atoms with Gasteiger partial charge in [0, 0.05) is 6.04 Å². The van der Waals surface area contributed by atoms with Crippen LogP contribution in [-0.2, 0) is 0 Å². The number of nitrogens with two attached hydrogens (primary N) is 1. The van der Waals surface area contributed by atoms with Gasteiger partial charge in [-0.3, -0.25) is 0 Å². The number of hydrogen-bond donors (Lipinski definition) is 1. The van der Waals surface area contributed by atoms with Crippen molar-refractivity contribution in [2.75, 3.05) is 0 Å².